The Morgan fingerprint density at radius 1 is 0.700 bits per heavy atom. The Balaban J connectivity index is 0.000000222. The number of carbonyl (C=O) groups is 2. The van der Waals surface area contributed by atoms with Crippen LogP contribution >= 0.6 is 0 Å². The Morgan fingerprint density at radius 3 is 1.40 bits per heavy atom. The van der Waals surface area contributed by atoms with Gasteiger partial charge >= 0.3 is 18.3 Å². The number of amides is 1. The molecule has 0 bridgehead atoms. The van der Waals surface area contributed by atoms with Crippen LogP contribution in [0.15, 0.2) is 48.5 Å². The fourth-order valence-corrected chi connectivity index (χ4v) is 2.71. The first-order chi connectivity index (χ1) is 13.9. The quantitative estimate of drug-likeness (QED) is 0.650. The Hall–Kier alpha value is -3.04. The lowest BCUT2D eigenvalue weighted by Crippen LogP contribution is -2.27. The largest absolute Gasteiger partial charge is 0.478 e. The maximum atomic E-state index is 12.3. The number of hydrogen-bond donors (Lipinski definition) is 1. The second kappa shape index (κ2) is 9.19. The molecule has 2 aromatic carbocycles. The molecule has 1 amide bonds. The molecule has 0 atom stereocenters. The van der Waals surface area contributed by atoms with Crippen molar-refractivity contribution in [1.29, 1.82) is 0 Å². The third-order valence-corrected chi connectivity index (χ3v) is 4.31. The number of hydrogen-bond acceptors (Lipinski definition) is 2. The van der Waals surface area contributed by atoms with Crippen molar-refractivity contribution >= 4 is 11.9 Å². The molecule has 1 N–H and O–H groups in total. The number of halogens is 6. The molecule has 0 aliphatic carbocycles. The van der Waals surface area contributed by atoms with E-state index in [0.717, 1.165) is 49.2 Å². The van der Waals surface area contributed by atoms with Crippen LogP contribution in [0.2, 0.25) is 0 Å². The zero-order chi connectivity index (χ0) is 22.5. The molecule has 10 heteroatoms. The average molecular weight is 433 g/mol. The summed E-state index contributed by atoms with van der Waals surface area (Å²) in [5.41, 5.74) is -1.42. The highest BCUT2D eigenvalue weighted by molar-refractivity contribution is 5.94. The van der Waals surface area contributed by atoms with Crippen LogP contribution in [0.5, 0.6) is 0 Å². The molecule has 4 nitrogen and oxygen atoms in total. The monoisotopic (exact) mass is 433 g/mol. The lowest BCUT2D eigenvalue weighted by molar-refractivity contribution is -0.138. The van der Waals surface area contributed by atoms with Gasteiger partial charge in [-0.1, -0.05) is 0 Å². The number of likely N-dealkylation sites (tertiary alicyclic amines) is 1. The molecule has 0 radical (unpaired) electrons. The molecule has 0 unspecified atom stereocenters. The molecule has 162 valence electrons. The molecule has 1 saturated heterocycles. The van der Waals surface area contributed by atoms with E-state index in [-0.39, 0.29) is 11.5 Å². The minimum atomic E-state index is -4.42. The van der Waals surface area contributed by atoms with Gasteiger partial charge in [-0.2, -0.15) is 26.3 Å². The first kappa shape index (κ1) is 23.2. The number of alkyl halides is 6. The maximum absolute atomic E-state index is 12.3. The smallest absolute Gasteiger partial charge is 0.416 e. The van der Waals surface area contributed by atoms with Crippen molar-refractivity contribution in [3.05, 3.63) is 70.8 Å². The van der Waals surface area contributed by atoms with Gasteiger partial charge in [0.25, 0.3) is 5.91 Å². The fourth-order valence-electron chi connectivity index (χ4n) is 2.71. The Morgan fingerprint density at radius 2 is 1.07 bits per heavy atom. The Kier molecular flexibility index (Phi) is 7.12. The highest BCUT2D eigenvalue weighted by Gasteiger charge is 2.31. The van der Waals surface area contributed by atoms with Gasteiger partial charge in [0.05, 0.1) is 16.7 Å². The molecule has 1 aliphatic heterocycles. The number of nitrogens with zero attached hydrogens (tertiary/aromatic N) is 1. The van der Waals surface area contributed by atoms with Crippen LogP contribution in [0.4, 0.5) is 26.3 Å². The normalized spacial score (nSPS) is 14.1. The van der Waals surface area contributed by atoms with E-state index in [0.29, 0.717) is 18.7 Å². The van der Waals surface area contributed by atoms with Crippen LogP contribution in [0.25, 0.3) is 0 Å². The third kappa shape index (κ3) is 6.23. The number of carboxylic acids is 1. The molecular formula is C20H17F6NO3. The van der Waals surface area contributed by atoms with Crippen molar-refractivity contribution in [1.82, 2.24) is 4.90 Å². The molecule has 1 aliphatic rings. The summed E-state index contributed by atoms with van der Waals surface area (Å²) in [4.78, 5) is 23.8. The van der Waals surface area contributed by atoms with Crippen molar-refractivity contribution < 1.29 is 41.0 Å². The van der Waals surface area contributed by atoms with Crippen molar-refractivity contribution in [3.63, 3.8) is 0 Å². The van der Waals surface area contributed by atoms with Crippen LogP contribution in [-0.4, -0.2) is 35.0 Å². The summed E-state index contributed by atoms with van der Waals surface area (Å²) in [6.07, 6.45) is -6.84. The van der Waals surface area contributed by atoms with Gasteiger partial charge in [-0.3, -0.25) is 4.79 Å². The maximum Gasteiger partial charge on any atom is 0.416 e. The van der Waals surface area contributed by atoms with Gasteiger partial charge in [0.1, 0.15) is 0 Å². The standard InChI is InChI=1S/C12H12F3NO.C8H5F3O2/c13-12(14,15)10-5-3-9(4-6-10)11(17)16-7-1-2-8-16;9-8(10,11)6-3-1-5(2-4-6)7(12)13/h3-6H,1-2,7-8H2;1-4H,(H,12,13). The highest BCUT2D eigenvalue weighted by Crippen LogP contribution is 2.30. The summed E-state index contributed by atoms with van der Waals surface area (Å²) in [5.74, 6) is -1.43. The van der Waals surface area contributed by atoms with E-state index in [1.165, 1.54) is 12.1 Å². The summed E-state index contributed by atoms with van der Waals surface area (Å²) in [7, 11) is 0. The number of benzene rings is 2. The van der Waals surface area contributed by atoms with Gasteiger partial charge in [-0.25, -0.2) is 4.79 Å². The van der Waals surface area contributed by atoms with E-state index in [4.69, 9.17) is 5.11 Å². The summed E-state index contributed by atoms with van der Waals surface area (Å²) < 4.78 is 72.9. The Bertz CT molecular complexity index is 867. The minimum Gasteiger partial charge on any atom is -0.478 e. The molecule has 2 aromatic rings. The number of carbonyl (C=O) groups excluding carboxylic acids is 1. The third-order valence-electron chi connectivity index (χ3n) is 4.31. The molecular weight excluding hydrogens is 416 g/mol. The van der Waals surface area contributed by atoms with Gasteiger partial charge in [-0.05, 0) is 61.4 Å². The van der Waals surface area contributed by atoms with Crippen LogP contribution in [0.1, 0.15) is 44.7 Å². The zero-order valence-corrected chi connectivity index (χ0v) is 15.4. The molecule has 1 heterocycles. The van der Waals surface area contributed by atoms with E-state index in [1.807, 2.05) is 0 Å². The number of carboxylic acid groups (broad SMARTS) is 1. The van der Waals surface area contributed by atoms with Crippen LogP contribution < -0.4 is 0 Å². The van der Waals surface area contributed by atoms with E-state index >= 15 is 0 Å². The van der Waals surface area contributed by atoms with Crippen molar-refractivity contribution in [2.45, 2.75) is 25.2 Å². The molecule has 0 spiro atoms. The lowest BCUT2D eigenvalue weighted by Gasteiger charge is -2.15. The van der Waals surface area contributed by atoms with Crippen LogP contribution in [0, 0.1) is 0 Å². The minimum absolute atomic E-state index is 0.159. The molecule has 1 fully saturated rings. The van der Waals surface area contributed by atoms with Gasteiger partial charge in [0, 0.05) is 18.7 Å². The average Bonchev–Trinajstić information content (AvgIpc) is 3.21. The van der Waals surface area contributed by atoms with E-state index < -0.39 is 29.4 Å². The molecule has 0 aromatic heterocycles. The zero-order valence-electron chi connectivity index (χ0n) is 15.4. The fraction of sp³-hybridized carbons (Fsp3) is 0.300. The van der Waals surface area contributed by atoms with Crippen LogP contribution in [0.3, 0.4) is 0 Å². The SMILES string of the molecule is O=C(O)c1ccc(C(F)(F)F)cc1.O=C(c1ccc(C(F)(F)F)cc1)N1CCCC1. The van der Waals surface area contributed by atoms with Crippen LogP contribution in [-0.2, 0) is 12.4 Å². The van der Waals surface area contributed by atoms with Crippen molar-refractivity contribution in [2.75, 3.05) is 13.1 Å². The van der Waals surface area contributed by atoms with Gasteiger partial charge < -0.3 is 10.0 Å². The second-order valence-electron chi connectivity index (χ2n) is 6.45. The second-order valence-corrected chi connectivity index (χ2v) is 6.45. The summed E-state index contributed by atoms with van der Waals surface area (Å²) in [5, 5.41) is 8.40. The van der Waals surface area contributed by atoms with Gasteiger partial charge in [0.15, 0.2) is 0 Å². The van der Waals surface area contributed by atoms with Gasteiger partial charge in [-0.15, -0.1) is 0 Å². The number of rotatable bonds is 2. The topological polar surface area (TPSA) is 57.6 Å². The molecule has 30 heavy (non-hydrogen) atoms. The summed E-state index contributed by atoms with van der Waals surface area (Å²) in [6, 6.07) is 7.70. The highest BCUT2D eigenvalue weighted by atomic mass is 19.4. The van der Waals surface area contributed by atoms with E-state index in [9.17, 15) is 35.9 Å². The predicted octanol–water partition coefficient (Wildman–Crippen LogP) is 5.35. The summed E-state index contributed by atoms with van der Waals surface area (Å²) in [6.45, 7) is 1.39. The van der Waals surface area contributed by atoms with E-state index in [2.05, 4.69) is 0 Å². The first-order valence-electron chi connectivity index (χ1n) is 8.76. The van der Waals surface area contributed by atoms with Gasteiger partial charge in [0.2, 0.25) is 0 Å². The molecule has 0 saturated carbocycles. The lowest BCUT2D eigenvalue weighted by atomic mass is 10.1. The predicted molar refractivity (Wildman–Crippen MR) is 95.0 cm³/mol. The van der Waals surface area contributed by atoms with Crippen molar-refractivity contribution in [3.8, 4) is 0 Å². The summed E-state index contributed by atoms with van der Waals surface area (Å²) >= 11 is 0. The van der Waals surface area contributed by atoms with Crippen molar-refractivity contribution in [2.24, 2.45) is 0 Å². The Labute approximate surface area is 167 Å². The molecule has 3 rings (SSSR count). The first-order valence-corrected chi connectivity index (χ1v) is 8.76. The van der Waals surface area contributed by atoms with E-state index in [1.54, 1.807) is 4.90 Å². The number of aromatic carboxylic acids is 1.